The second-order valence-electron chi connectivity index (χ2n) is 3.29. The fourth-order valence-electron chi connectivity index (χ4n) is 1.73. The van der Waals surface area contributed by atoms with Gasteiger partial charge in [0.1, 0.15) is 6.04 Å². The van der Waals surface area contributed by atoms with Gasteiger partial charge in [0.15, 0.2) is 0 Å². The second-order valence-corrected chi connectivity index (χ2v) is 5.15. The van der Waals surface area contributed by atoms with Gasteiger partial charge < -0.3 is 5.32 Å². The van der Waals surface area contributed by atoms with Crippen LogP contribution in [0.15, 0.2) is 15.9 Å². The van der Waals surface area contributed by atoms with E-state index >= 15 is 0 Å². The molecule has 66 valence electrons. The molecule has 1 aromatic heterocycles. The average molecular weight is 247 g/mol. The molecule has 3 heteroatoms. The molecule has 0 radical (unpaired) electrons. The zero-order valence-electron chi connectivity index (χ0n) is 6.92. The Labute approximate surface area is 85.3 Å². The van der Waals surface area contributed by atoms with Crippen molar-refractivity contribution in [2.75, 3.05) is 6.54 Å². The average Bonchev–Trinajstić information content (AvgIpc) is 2.54. The van der Waals surface area contributed by atoms with Crippen molar-refractivity contribution in [3.8, 4) is 0 Å². The summed E-state index contributed by atoms with van der Waals surface area (Å²) in [5, 5.41) is 4.65. The molecule has 1 atom stereocenters. The first kappa shape index (κ1) is 8.73. The standard InChI is InChI=1S/C9H12BrNS/c10-7-5-9(12-6-7)8-3-1-2-4-11-8/h5-6,8,11H,1-4H2/p+1/t8-/m0/s1. The molecule has 1 aromatic rings. The van der Waals surface area contributed by atoms with Gasteiger partial charge in [0.2, 0.25) is 0 Å². The normalized spacial score (nSPS) is 24.2. The van der Waals surface area contributed by atoms with Crippen LogP contribution >= 0.6 is 27.3 Å². The molecule has 2 rings (SSSR count). The maximum atomic E-state index is 3.50. The molecule has 12 heavy (non-hydrogen) atoms. The fraction of sp³-hybridized carbons (Fsp3) is 0.556. The van der Waals surface area contributed by atoms with Crippen LogP contribution in [0.25, 0.3) is 0 Å². The Morgan fingerprint density at radius 1 is 1.50 bits per heavy atom. The van der Waals surface area contributed by atoms with E-state index in [2.05, 4.69) is 32.7 Å². The van der Waals surface area contributed by atoms with Gasteiger partial charge in [-0.2, -0.15) is 0 Å². The van der Waals surface area contributed by atoms with Crippen LogP contribution in [0, 0.1) is 0 Å². The minimum atomic E-state index is 0.745. The smallest absolute Gasteiger partial charge is 0.121 e. The van der Waals surface area contributed by atoms with Crippen molar-refractivity contribution in [3.63, 3.8) is 0 Å². The number of rotatable bonds is 1. The lowest BCUT2D eigenvalue weighted by molar-refractivity contribution is -0.703. The van der Waals surface area contributed by atoms with Crippen LogP contribution in [0.3, 0.4) is 0 Å². The Morgan fingerprint density at radius 3 is 3.00 bits per heavy atom. The van der Waals surface area contributed by atoms with Crippen molar-refractivity contribution in [2.24, 2.45) is 0 Å². The Bertz CT molecular complexity index is 253. The Hall–Kier alpha value is 0.140. The molecule has 0 spiro atoms. The SMILES string of the molecule is Brc1csc([C@@H]2CCCC[NH2+]2)c1. The number of nitrogens with two attached hydrogens (primary N) is 1. The van der Waals surface area contributed by atoms with Crippen LogP contribution in [0.5, 0.6) is 0 Å². The van der Waals surface area contributed by atoms with Gasteiger partial charge in [0.25, 0.3) is 0 Å². The highest BCUT2D eigenvalue weighted by atomic mass is 79.9. The van der Waals surface area contributed by atoms with Gasteiger partial charge in [-0.25, -0.2) is 0 Å². The number of quaternary nitrogens is 1. The molecule has 0 saturated carbocycles. The van der Waals surface area contributed by atoms with Gasteiger partial charge in [-0.15, -0.1) is 11.3 Å². The van der Waals surface area contributed by atoms with E-state index in [0.29, 0.717) is 0 Å². The molecule has 0 aromatic carbocycles. The lowest BCUT2D eigenvalue weighted by Crippen LogP contribution is -2.86. The molecular weight excluding hydrogens is 234 g/mol. The molecule has 1 fully saturated rings. The minimum absolute atomic E-state index is 0.745. The van der Waals surface area contributed by atoms with Gasteiger partial charge in [-0.3, -0.25) is 0 Å². The van der Waals surface area contributed by atoms with Crippen LogP contribution in [0.2, 0.25) is 0 Å². The third-order valence-corrected chi connectivity index (χ3v) is 4.20. The molecule has 0 amide bonds. The number of piperidine rings is 1. The second kappa shape index (κ2) is 3.90. The molecule has 1 aliphatic heterocycles. The third kappa shape index (κ3) is 1.90. The Kier molecular flexibility index (Phi) is 2.84. The molecule has 1 nitrogen and oxygen atoms in total. The first-order valence-corrected chi connectivity index (χ1v) is 6.11. The van der Waals surface area contributed by atoms with Gasteiger partial charge in [-0.05, 0) is 34.8 Å². The first-order valence-electron chi connectivity index (χ1n) is 4.43. The largest absolute Gasteiger partial charge is 0.339 e. The highest BCUT2D eigenvalue weighted by molar-refractivity contribution is 9.10. The Morgan fingerprint density at radius 2 is 2.42 bits per heavy atom. The summed E-state index contributed by atoms with van der Waals surface area (Å²) >= 11 is 5.37. The third-order valence-electron chi connectivity index (χ3n) is 2.37. The van der Waals surface area contributed by atoms with E-state index < -0.39 is 0 Å². The summed E-state index contributed by atoms with van der Waals surface area (Å²) in [6.45, 7) is 1.31. The number of hydrogen-bond donors (Lipinski definition) is 1. The zero-order valence-corrected chi connectivity index (χ0v) is 9.33. The topological polar surface area (TPSA) is 16.6 Å². The van der Waals surface area contributed by atoms with E-state index in [4.69, 9.17) is 0 Å². The highest BCUT2D eigenvalue weighted by Crippen LogP contribution is 2.27. The van der Waals surface area contributed by atoms with Crippen LogP contribution < -0.4 is 5.32 Å². The van der Waals surface area contributed by atoms with E-state index in [1.54, 1.807) is 0 Å². The van der Waals surface area contributed by atoms with Crippen LogP contribution in [0.4, 0.5) is 0 Å². The van der Waals surface area contributed by atoms with Gasteiger partial charge in [-0.1, -0.05) is 0 Å². The molecule has 0 unspecified atom stereocenters. The highest BCUT2D eigenvalue weighted by Gasteiger charge is 2.19. The minimum Gasteiger partial charge on any atom is -0.339 e. The van der Waals surface area contributed by atoms with E-state index in [-0.39, 0.29) is 0 Å². The molecule has 1 aliphatic rings. The van der Waals surface area contributed by atoms with E-state index in [1.807, 2.05) is 11.3 Å². The van der Waals surface area contributed by atoms with Crippen LogP contribution in [-0.2, 0) is 0 Å². The zero-order chi connectivity index (χ0) is 8.39. The summed E-state index contributed by atoms with van der Waals surface area (Å²) in [6, 6.07) is 3.01. The number of hydrogen-bond acceptors (Lipinski definition) is 1. The summed E-state index contributed by atoms with van der Waals surface area (Å²) in [5.41, 5.74) is 0. The Balaban J connectivity index is 2.08. The molecule has 1 saturated heterocycles. The van der Waals surface area contributed by atoms with Gasteiger partial charge >= 0.3 is 0 Å². The lowest BCUT2D eigenvalue weighted by Gasteiger charge is -2.18. The van der Waals surface area contributed by atoms with Crippen molar-refractivity contribution in [1.82, 2.24) is 0 Å². The molecule has 0 aliphatic carbocycles. The first-order chi connectivity index (χ1) is 5.86. The van der Waals surface area contributed by atoms with Gasteiger partial charge in [0.05, 0.1) is 11.4 Å². The summed E-state index contributed by atoms with van der Waals surface area (Å²) in [7, 11) is 0. The predicted octanol–water partition coefficient (Wildman–Crippen LogP) is 2.30. The fourth-order valence-corrected chi connectivity index (χ4v) is 3.31. The van der Waals surface area contributed by atoms with Crippen molar-refractivity contribution in [3.05, 3.63) is 20.8 Å². The van der Waals surface area contributed by atoms with Crippen LogP contribution in [0.1, 0.15) is 30.2 Å². The lowest BCUT2D eigenvalue weighted by atomic mass is 10.0. The summed E-state index contributed by atoms with van der Waals surface area (Å²) in [6.07, 6.45) is 4.15. The van der Waals surface area contributed by atoms with Crippen LogP contribution in [-0.4, -0.2) is 6.54 Å². The van der Waals surface area contributed by atoms with Crippen molar-refractivity contribution in [1.29, 1.82) is 0 Å². The maximum absolute atomic E-state index is 3.50. The van der Waals surface area contributed by atoms with Crippen molar-refractivity contribution >= 4 is 27.3 Å². The summed E-state index contributed by atoms with van der Waals surface area (Å²) in [5.74, 6) is 0. The van der Waals surface area contributed by atoms with Crippen molar-refractivity contribution < 1.29 is 5.32 Å². The summed E-state index contributed by atoms with van der Waals surface area (Å²) < 4.78 is 1.24. The monoisotopic (exact) mass is 246 g/mol. The van der Waals surface area contributed by atoms with E-state index in [1.165, 1.54) is 35.2 Å². The molecule has 2 heterocycles. The predicted molar refractivity (Wildman–Crippen MR) is 55.4 cm³/mol. The summed E-state index contributed by atoms with van der Waals surface area (Å²) in [4.78, 5) is 1.53. The molecule has 2 N–H and O–H groups in total. The maximum Gasteiger partial charge on any atom is 0.121 e. The van der Waals surface area contributed by atoms with Crippen molar-refractivity contribution in [2.45, 2.75) is 25.3 Å². The number of thiophene rings is 1. The van der Waals surface area contributed by atoms with E-state index in [0.717, 1.165) is 6.04 Å². The van der Waals surface area contributed by atoms with Gasteiger partial charge in [0, 0.05) is 16.3 Å². The molecular formula is C9H13BrNS+. The van der Waals surface area contributed by atoms with E-state index in [9.17, 15) is 0 Å². The molecule has 0 bridgehead atoms. The quantitative estimate of drug-likeness (QED) is 0.784. The number of halogens is 1.